The number of rotatable bonds is 14. The SMILES string of the molecule is CCOC(=O)C(C)NC(=O)CCCCCCCCCCc1nc2c(c(=O)[nH]c(=O)n2C)n1C. The van der Waals surface area contributed by atoms with E-state index in [0.717, 1.165) is 63.6 Å². The lowest BCUT2D eigenvalue weighted by Crippen LogP contribution is -2.39. The fourth-order valence-corrected chi connectivity index (χ4v) is 3.85. The van der Waals surface area contributed by atoms with Crippen LogP contribution in [-0.4, -0.2) is 43.6 Å². The topological polar surface area (TPSA) is 128 Å². The first kappa shape index (κ1) is 26.3. The van der Waals surface area contributed by atoms with Crippen LogP contribution in [0.4, 0.5) is 0 Å². The molecule has 0 radical (unpaired) electrons. The number of nitrogens with zero attached hydrogens (tertiary/aromatic N) is 3. The first-order valence-corrected chi connectivity index (χ1v) is 11.9. The highest BCUT2D eigenvalue weighted by molar-refractivity contribution is 5.84. The average molecular weight is 464 g/mol. The van der Waals surface area contributed by atoms with Crippen molar-refractivity contribution in [3.05, 3.63) is 26.7 Å². The molecule has 0 aliphatic heterocycles. The number of nitrogens with one attached hydrogen (secondary N) is 2. The molecular formula is C23H37N5O5. The van der Waals surface area contributed by atoms with E-state index in [1.54, 1.807) is 25.5 Å². The summed E-state index contributed by atoms with van der Waals surface area (Å²) in [5, 5.41) is 2.67. The fraction of sp³-hybridized carbons (Fsp3) is 0.696. The van der Waals surface area contributed by atoms with Gasteiger partial charge in [0.15, 0.2) is 11.2 Å². The lowest BCUT2D eigenvalue weighted by atomic mass is 10.1. The smallest absolute Gasteiger partial charge is 0.329 e. The number of ether oxygens (including phenoxy) is 1. The molecular weight excluding hydrogens is 426 g/mol. The van der Waals surface area contributed by atoms with E-state index in [0.29, 0.717) is 24.2 Å². The third-order valence-electron chi connectivity index (χ3n) is 5.80. The largest absolute Gasteiger partial charge is 0.464 e. The van der Waals surface area contributed by atoms with Crippen LogP contribution in [0.5, 0.6) is 0 Å². The Morgan fingerprint density at radius 3 is 2.24 bits per heavy atom. The number of amides is 1. The Labute approximate surface area is 193 Å². The first-order valence-electron chi connectivity index (χ1n) is 11.9. The van der Waals surface area contributed by atoms with Gasteiger partial charge in [-0.15, -0.1) is 0 Å². The number of aromatic amines is 1. The highest BCUT2D eigenvalue weighted by Crippen LogP contribution is 2.14. The zero-order valence-corrected chi connectivity index (χ0v) is 20.2. The van der Waals surface area contributed by atoms with Crippen molar-refractivity contribution in [1.82, 2.24) is 24.4 Å². The van der Waals surface area contributed by atoms with Crippen LogP contribution < -0.4 is 16.6 Å². The number of hydrogen-bond donors (Lipinski definition) is 2. The van der Waals surface area contributed by atoms with Gasteiger partial charge in [-0.1, -0.05) is 38.5 Å². The molecule has 2 N–H and O–H groups in total. The average Bonchev–Trinajstić information content (AvgIpc) is 3.10. The van der Waals surface area contributed by atoms with Crippen molar-refractivity contribution < 1.29 is 14.3 Å². The molecule has 0 saturated heterocycles. The number of aryl methyl sites for hydroxylation is 3. The molecule has 2 aromatic rings. The van der Waals surface area contributed by atoms with Crippen molar-refractivity contribution >= 4 is 23.0 Å². The maximum absolute atomic E-state index is 12.1. The summed E-state index contributed by atoms with van der Waals surface area (Å²) < 4.78 is 8.02. The molecule has 10 nitrogen and oxygen atoms in total. The number of esters is 1. The third-order valence-corrected chi connectivity index (χ3v) is 5.80. The molecule has 0 bridgehead atoms. The van der Waals surface area contributed by atoms with Crippen LogP contribution in [-0.2, 0) is 34.8 Å². The van der Waals surface area contributed by atoms with Gasteiger partial charge in [-0.05, 0) is 26.7 Å². The molecule has 0 fully saturated rings. The Morgan fingerprint density at radius 2 is 1.61 bits per heavy atom. The molecule has 1 unspecified atom stereocenters. The molecule has 1 atom stereocenters. The Bertz CT molecular complexity index is 1050. The van der Waals surface area contributed by atoms with Crippen LogP contribution >= 0.6 is 0 Å². The van der Waals surface area contributed by atoms with Crippen molar-refractivity contribution in [2.75, 3.05) is 6.61 Å². The number of imidazole rings is 1. The summed E-state index contributed by atoms with van der Waals surface area (Å²) >= 11 is 0. The normalized spacial score (nSPS) is 12.1. The second kappa shape index (κ2) is 13.0. The van der Waals surface area contributed by atoms with Gasteiger partial charge >= 0.3 is 11.7 Å². The Kier molecular flexibility index (Phi) is 10.3. The predicted octanol–water partition coefficient (Wildman–Crippen LogP) is 2.08. The van der Waals surface area contributed by atoms with Crippen molar-refractivity contribution in [2.45, 2.75) is 84.1 Å². The van der Waals surface area contributed by atoms with E-state index >= 15 is 0 Å². The van der Waals surface area contributed by atoms with Crippen molar-refractivity contribution in [2.24, 2.45) is 14.1 Å². The summed E-state index contributed by atoms with van der Waals surface area (Å²) in [5.74, 6) is 0.299. The zero-order valence-electron chi connectivity index (χ0n) is 20.2. The second-order valence-electron chi connectivity index (χ2n) is 8.45. The monoisotopic (exact) mass is 463 g/mol. The molecule has 2 rings (SSSR count). The number of carbonyl (C=O) groups is 2. The molecule has 0 aromatic carbocycles. The van der Waals surface area contributed by atoms with Gasteiger partial charge in [0.25, 0.3) is 5.56 Å². The molecule has 0 aliphatic carbocycles. The lowest BCUT2D eigenvalue weighted by molar-refractivity contribution is -0.146. The molecule has 0 spiro atoms. The Morgan fingerprint density at radius 1 is 1.00 bits per heavy atom. The number of hydrogen-bond acceptors (Lipinski definition) is 6. The van der Waals surface area contributed by atoms with E-state index < -0.39 is 23.3 Å². The molecule has 10 heteroatoms. The number of carbonyl (C=O) groups excluding carboxylic acids is 2. The van der Waals surface area contributed by atoms with Crippen LogP contribution in [0.15, 0.2) is 9.59 Å². The van der Waals surface area contributed by atoms with Gasteiger partial charge in [-0.3, -0.25) is 19.1 Å². The number of H-pyrrole nitrogens is 1. The van der Waals surface area contributed by atoms with Crippen LogP contribution in [0.25, 0.3) is 11.2 Å². The zero-order chi connectivity index (χ0) is 24.4. The molecule has 1 amide bonds. The third kappa shape index (κ3) is 7.57. The Balaban J connectivity index is 1.57. The molecule has 0 aliphatic rings. The van der Waals surface area contributed by atoms with Gasteiger partial charge in [0.05, 0.1) is 6.61 Å². The summed E-state index contributed by atoms with van der Waals surface area (Å²) in [5.41, 5.74) is -0.00855. The Hall–Kier alpha value is -2.91. The van der Waals surface area contributed by atoms with E-state index in [-0.39, 0.29) is 5.91 Å². The van der Waals surface area contributed by atoms with Gasteiger partial charge in [-0.25, -0.2) is 14.6 Å². The van der Waals surface area contributed by atoms with Crippen LogP contribution in [0.3, 0.4) is 0 Å². The molecule has 2 aromatic heterocycles. The van der Waals surface area contributed by atoms with E-state index in [2.05, 4.69) is 15.3 Å². The number of aromatic nitrogens is 4. The maximum atomic E-state index is 12.1. The van der Waals surface area contributed by atoms with Gasteiger partial charge in [0.2, 0.25) is 5.91 Å². The van der Waals surface area contributed by atoms with Gasteiger partial charge in [0.1, 0.15) is 11.9 Å². The van der Waals surface area contributed by atoms with Crippen molar-refractivity contribution in [3.8, 4) is 0 Å². The summed E-state index contributed by atoms with van der Waals surface area (Å²) in [6.45, 7) is 3.68. The summed E-state index contributed by atoms with van der Waals surface area (Å²) in [7, 11) is 3.41. The minimum absolute atomic E-state index is 0.112. The minimum Gasteiger partial charge on any atom is -0.464 e. The molecule has 184 valence electrons. The van der Waals surface area contributed by atoms with E-state index in [1.165, 1.54) is 4.57 Å². The quantitative estimate of drug-likeness (QED) is 0.326. The highest BCUT2D eigenvalue weighted by Gasteiger charge is 2.16. The highest BCUT2D eigenvalue weighted by atomic mass is 16.5. The van der Waals surface area contributed by atoms with Crippen LogP contribution in [0.1, 0.15) is 77.5 Å². The van der Waals surface area contributed by atoms with E-state index in [9.17, 15) is 19.2 Å². The molecule has 33 heavy (non-hydrogen) atoms. The summed E-state index contributed by atoms with van der Waals surface area (Å²) in [6, 6.07) is -0.603. The molecule has 0 saturated carbocycles. The van der Waals surface area contributed by atoms with Gasteiger partial charge in [-0.2, -0.15) is 0 Å². The van der Waals surface area contributed by atoms with Crippen LogP contribution in [0.2, 0.25) is 0 Å². The first-order chi connectivity index (χ1) is 15.8. The lowest BCUT2D eigenvalue weighted by Gasteiger charge is -2.12. The van der Waals surface area contributed by atoms with Crippen molar-refractivity contribution in [1.29, 1.82) is 0 Å². The van der Waals surface area contributed by atoms with Crippen molar-refractivity contribution in [3.63, 3.8) is 0 Å². The predicted molar refractivity (Wildman–Crippen MR) is 126 cm³/mol. The minimum atomic E-state index is -0.603. The summed E-state index contributed by atoms with van der Waals surface area (Å²) in [6.07, 6.45) is 9.53. The van der Waals surface area contributed by atoms with Crippen LogP contribution in [0, 0.1) is 0 Å². The summed E-state index contributed by atoms with van der Waals surface area (Å²) in [4.78, 5) is 54.0. The van der Waals surface area contributed by atoms with Gasteiger partial charge in [0, 0.05) is 26.9 Å². The fourth-order valence-electron chi connectivity index (χ4n) is 3.85. The maximum Gasteiger partial charge on any atom is 0.329 e. The second-order valence-corrected chi connectivity index (χ2v) is 8.45. The number of unbranched alkanes of at least 4 members (excludes halogenated alkanes) is 7. The van der Waals surface area contributed by atoms with Gasteiger partial charge < -0.3 is 14.6 Å². The standard InChI is InChI=1S/C23H37N5O5/c1-5-33-22(31)16(2)24-18(29)15-13-11-9-7-6-8-10-12-14-17-25-20-19(27(17)3)21(30)26-23(32)28(20)4/h16H,5-15H2,1-4H3,(H,24,29)(H,26,30,32). The molecule has 2 heterocycles. The number of fused-ring (bicyclic) bond motifs is 1. The van der Waals surface area contributed by atoms with E-state index in [4.69, 9.17) is 4.74 Å². The van der Waals surface area contributed by atoms with E-state index in [1.807, 2.05) is 7.05 Å².